The molecule has 1 fully saturated rings. The van der Waals surface area contributed by atoms with Crippen molar-refractivity contribution < 1.29 is 23.8 Å². The number of ether oxygens (including phenoxy) is 3. The first kappa shape index (κ1) is 24.4. The molecule has 37 heavy (non-hydrogen) atoms. The van der Waals surface area contributed by atoms with E-state index >= 15 is 0 Å². The lowest BCUT2D eigenvalue weighted by Gasteiger charge is -2.37. The average Bonchev–Trinajstić information content (AvgIpc) is 3.54. The zero-order valence-corrected chi connectivity index (χ0v) is 22.0. The average molecular weight is 540 g/mol. The predicted molar refractivity (Wildman–Crippen MR) is 140 cm³/mol. The minimum Gasteiger partial charge on any atom is -0.459 e. The minimum atomic E-state index is -0.661. The number of ketones is 1. The molecule has 0 unspecified atom stereocenters. The van der Waals surface area contributed by atoms with Crippen molar-refractivity contribution in [2.24, 2.45) is 0 Å². The van der Waals surface area contributed by atoms with Gasteiger partial charge in [0.2, 0.25) is 6.79 Å². The van der Waals surface area contributed by atoms with Crippen molar-refractivity contribution >= 4 is 35.0 Å². The fourth-order valence-corrected chi connectivity index (χ4v) is 6.36. The first-order valence-corrected chi connectivity index (χ1v) is 13.4. The summed E-state index contributed by atoms with van der Waals surface area (Å²) in [6.07, 6.45) is 4.66. The molecule has 2 aromatic carbocycles. The zero-order chi connectivity index (χ0) is 25.7. The Morgan fingerprint density at radius 3 is 2.46 bits per heavy atom. The van der Waals surface area contributed by atoms with Crippen molar-refractivity contribution in [3.8, 4) is 11.5 Å². The fraction of sp³-hybridized carbons (Fsp3) is 0.379. The minimum absolute atomic E-state index is 0.00341. The standard InChI is InChI=1S/C29H27Cl2NO5/c1-15-26(29(34)37-19-4-2-3-5-19)27(20-12-24-25(13-21(20)31)36-14-35-24)28-22(32-15)10-17(11-23(28)33)16-6-8-18(30)9-7-16/h6-9,12-13,17,19,27,32H,2-5,10-11,14H2,1H3/t17-,27-/m0/s1. The summed E-state index contributed by atoms with van der Waals surface area (Å²) in [4.78, 5) is 27.5. The number of dihydropyridines is 1. The third-order valence-corrected chi connectivity index (χ3v) is 8.35. The number of hydrogen-bond donors (Lipinski definition) is 1. The second kappa shape index (κ2) is 9.73. The number of nitrogens with one attached hydrogen (secondary N) is 1. The van der Waals surface area contributed by atoms with Crippen LogP contribution < -0.4 is 14.8 Å². The van der Waals surface area contributed by atoms with E-state index in [4.69, 9.17) is 37.4 Å². The first-order chi connectivity index (χ1) is 17.9. The number of halogens is 2. The van der Waals surface area contributed by atoms with E-state index in [1.807, 2.05) is 31.2 Å². The van der Waals surface area contributed by atoms with Gasteiger partial charge in [-0.1, -0.05) is 35.3 Å². The number of allylic oxidation sites excluding steroid dienone is 3. The lowest BCUT2D eigenvalue weighted by molar-refractivity contribution is -0.144. The highest BCUT2D eigenvalue weighted by atomic mass is 35.5. The Kier molecular flexibility index (Phi) is 6.41. The molecule has 1 saturated carbocycles. The van der Waals surface area contributed by atoms with Crippen LogP contribution in [0.15, 0.2) is 58.9 Å². The molecular formula is C29H27Cl2NO5. The quantitative estimate of drug-likeness (QED) is 0.443. The molecule has 8 heteroatoms. The summed E-state index contributed by atoms with van der Waals surface area (Å²) in [5, 5.41) is 4.47. The van der Waals surface area contributed by atoms with E-state index < -0.39 is 11.9 Å². The van der Waals surface area contributed by atoms with Crippen LogP contribution in [0.2, 0.25) is 10.0 Å². The Labute approximate surface area is 225 Å². The molecule has 0 saturated heterocycles. The van der Waals surface area contributed by atoms with Gasteiger partial charge in [0.25, 0.3) is 0 Å². The van der Waals surface area contributed by atoms with Gasteiger partial charge in [0.15, 0.2) is 17.3 Å². The molecule has 2 atom stereocenters. The van der Waals surface area contributed by atoms with Crippen LogP contribution in [0.1, 0.15) is 68.4 Å². The van der Waals surface area contributed by atoms with Crippen molar-refractivity contribution in [3.63, 3.8) is 0 Å². The highest BCUT2D eigenvalue weighted by Crippen LogP contribution is 2.50. The highest BCUT2D eigenvalue weighted by Gasteiger charge is 2.43. The number of benzene rings is 2. The molecule has 2 aliphatic carbocycles. The Morgan fingerprint density at radius 2 is 1.73 bits per heavy atom. The molecule has 192 valence electrons. The topological polar surface area (TPSA) is 73.9 Å². The third-order valence-electron chi connectivity index (χ3n) is 7.77. The molecule has 1 N–H and O–H groups in total. The monoisotopic (exact) mass is 539 g/mol. The van der Waals surface area contributed by atoms with Gasteiger partial charge in [-0.2, -0.15) is 0 Å². The number of fused-ring (bicyclic) bond motifs is 1. The van der Waals surface area contributed by atoms with Crippen molar-refractivity contribution in [1.82, 2.24) is 5.32 Å². The number of Topliss-reactive ketones (excluding diaryl/α,β-unsaturated/α-hetero) is 1. The normalized spacial score (nSPS) is 23.3. The lowest BCUT2D eigenvalue weighted by Crippen LogP contribution is -2.36. The molecular weight excluding hydrogens is 513 g/mol. The van der Waals surface area contributed by atoms with Crippen LogP contribution in [0.25, 0.3) is 0 Å². The maximum Gasteiger partial charge on any atom is 0.337 e. The summed E-state index contributed by atoms with van der Waals surface area (Å²) in [5.74, 6) is 0.00408. The van der Waals surface area contributed by atoms with Crippen LogP contribution in [-0.4, -0.2) is 24.6 Å². The van der Waals surface area contributed by atoms with Crippen molar-refractivity contribution in [3.05, 3.63) is 80.1 Å². The van der Waals surface area contributed by atoms with Gasteiger partial charge in [-0.05, 0) is 74.3 Å². The maximum atomic E-state index is 13.8. The van der Waals surface area contributed by atoms with Gasteiger partial charge in [0.05, 0.1) is 5.57 Å². The van der Waals surface area contributed by atoms with Crippen molar-refractivity contribution in [2.75, 3.05) is 6.79 Å². The number of carbonyl (C=O) groups excluding carboxylic acids is 2. The molecule has 0 radical (unpaired) electrons. The van der Waals surface area contributed by atoms with E-state index in [-0.39, 0.29) is 24.6 Å². The summed E-state index contributed by atoms with van der Waals surface area (Å²) in [7, 11) is 0. The van der Waals surface area contributed by atoms with E-state index in [1.54, 1.807) is 12.1 Å². The van der Waals surface area contributed by atoms with Gasteiger partial charge >= 0.3 is 5.97 Å². The summed E-state index contributed by atoms with van der Waals surface area (Å²) in [5.41, 5.74) is 4.15. The van der Waals surface area contributed by atoms with Crippen LogP contribution in [0.3, 0.4) is 0 Å². The number of esters is 1. The van der Waals surface area contributed by atoms with E-state index in [2.05, 4.69) is 5.32 Å². The van der Waals surface area contributed by atoms with Crippen LogP contribution in [0, 0.1) is 0 Å². The van der Waals surface area contributed by atoms with Crippen LogP contribution in [-0.2, 0) is 14.3 Å². The van der Waals surface area contributed by atoms with Gasteiger partial charge in [0, 0.05) is 45.4 Å². The molecule has 2 heterocycles. The summed E-state index contributed by atoms with van der Waals surface area (Å²) >= 11 is 12.9. The summed E-state index contributed by atoms with van der Waals surface area (Å²) in [6.45, 7) is 1.96. The van der Waals surface area contributed by atoms with Gasteiger partial charge < -0.3 is 19.5 Å². The maximum absolute atomic E-state index is 13.8. The lowest BCUT2D eigenvalue weighted by atomic mass is 9.71. The number of hydrogen-bond acceptors (Lipinski definition) is 6. The molecule has 0 amide bonds. The molecule has 6 nitrogen and oxygen atoms in total. The summed E-state index contributed by atoms with van der Waals surface area (Å²) in [6, 6.07) is 11.1. The molecule has 0 spiro atoms. The van der Waals surface area contributed by atoms with Crippen molar-refractivity contribution in [2.45, 2.75) is 63.4 Å². The Morgan fingerprint density at radius 1 is 1.03 bits per heavy atom. The summed E-state index contributed by atoms with van der Waals surface area (Å²) < 4.78 is 17.1. The molecule has 0 bridgehead atoms. The number of rotatable bonds is 4. The molecule has 2 aliphatic heterocycles. The van der Waals surface area contributed by atoms with E-state index in [9.17, 15) is 9.59 Å². The second-order valence-corrected chi connectivity index (χ2v) is 11.0. The number of carbonyl (C=O) groups is 2. The van der Waals surface area contributed by atoms with Crippen LogP contribution in [0.5, 0.6) is 11.5 Å². The Bertz CT molecular complexity index is 1340. The molecule has 2 aromatic rings. The Balaban J connectivity index is 1.43. The Hall–Kier alpha value is -2.96. The smallest absolute Gasteiger partial charge is 0.337 e. The zero-order valence-electron chi connectivity index (χ0n) is 20.4. The third kappa shape index (κ3) is 4.51. The SMILES string of the molecule is CC1=C(C(=O)OC2CCCC2)[C@H](c2cc3c(cc2Cl)OCO3)C2=C(C[C@H](c3ccc(Cl)cc3)CC2=O)N1. The first-order valence-electron chi connectivity index (χ1n) is 12.7. The largest absolute Gasteiger partial charge is 0.459 e. The van der Waals surface area contributed by atoms with Crippen LogP contribution >= 0.6 is 23.2 Å². The molecule has 0 aromatic heterocycles. The van der Waals surface area contributed by atoms with Gasteiger partial charge in [-0.3, -0.25) is 4.79 Å². The van der Waals surface area contributed by atoms with E-state index in [0.29, 0.717) is 56.8 Å². The predicted octanol–water partition coefficient (Wildman–Crippen LogP) is 6.57. The fourth-order valence-electron chi connectivity index (χ4n) is 5.97. The van der Waals surface area contributed by atoms with E-state index in [1.165, 1.54) is 0 Å². The molecule has 4 aliphatic rings. The highest BCUT2D eigenvalue weighted by molar-refractivity contribution is 6.32. The van der Waals surface area contributed by atoms with Gasteiger partial charge in [-0.15, -0.1) is 0 Å². The van der Waals surface area contributed by atoms with Gasteiger partial charge in [0.1, 0.15) is 6.10 Å². The molecule has 6 rings (SSSR count). The van der Waals surface area contributed by atoms with E-state index in [0.717, 1.165) is 36.9 Å². The van der Waals surface area contributed by atoms with Gasteiger partial charge in [-0.25, -0.2) is 4.79 Å². The second-order valence-electron chi connectivity index (χ2n) is 10.1. The van der Waals surface area contributed by atoms with Crippen LogP contribution in [0.4, 0.5) is 0 Å². The van der Waals surface area contributed by atoms with Crippen molar-refractivity contribution in [1.29, 1.82) is 0 Å².